The summed E-state index contributed by atoms with van der Waals surface area (Å²) in [6.07, 6.45) is 0. The second-order valence-electron chi connectivity index (χ2n) is 11.2. The van der Waals surface area contributed by atoms with Crippen LogP contribution in [0, 0.1) is 0 Å². The highest BCUT2D eigenvalue weighted by Gasteiger charge is 2.18. The van der Waals surface area contributed by atoms with Gasteiger partial charge >= 0.3 is 0 Å². The number of fused-ring (bicyclic) bond motifs is 7. The van der Waals surface area contributed by atoms with E-state index in [1.807, 2.05) is 11.3 Å². The molecule has 9 aromatic rings. The first kappa shape index (κ1) is 24.4. The Kier molecular flexibility index (Phi) is 5.47. The molecule has 0 aliphatic heterocycles. The molecule has 0 nitrogen and oxygen atoms in total. The average molecular weight is 563 g/mol. The zero-order valence-electron chi connectivity index (χ0n) is 23.4. The minimum Gasteiger partial charge on any atom is -0.135 e. The minimum atomic E-state index is 1.24. The van der Waals surface area contributed by atoms with Crippen LogP contribution < -0.4 is 0 Å². The molecule has 1 aromatic heterocycles. The predicted molar refractivity (Wildman–Crippen MR) is 188 cm³/mol. The van der Waals surface area contributed by atoms with E-state index in [2.05, 4.69) is 158 Å². The van der Waals surface area contributed by atoms with Crippen molar-refractivity contribution in [1.29, 1.82) is 0 Å². The highest BCUT2D eigenvalue weighted by molar-refractivity contribution is 7.26. The van der Waals surface area contributed by atoms with Gasteiger partial charge in [0.25, 0.3) is 0 Å². The summed E-state index contributed by atoms with van der Waals surface area (Å²) in [7, 11) is 0. The highest BCUT2D eigenvalue weighted by Crippen LogP contribution is 2.46. The van der Waals surface area contributed by atoms with Gasteiger partial charge in [-0.05, 0) is 78.5 Å². The molecule has 0 saturated heterocycles. The van der Waals surface area contributed by atoms with Gasteiger partial charge in [0.05, 0.1) is 0 Å². The van der Waals surface area contributed by atoms with E-state index < -0.39 is 0 Å². The zero-order chi connectivity index (χ0) is 28.3. The molecule has 9 rings (SSSR count). The Balaban J connectivity index is 1.35. The van der Waals surface area contributed by atoms with Gasteiger partial charge in [0, 0.05) is 25.6 Å². The lowest BCUT2D eigenvalue weighted by Crippen LogP contribution is -1.91. The van der Waals surface area contributed by atoms with Crippen LogP contribution in [0.5, 0.6) is 0 Å². The van der Waals surface area contributed by atoms with E-state index in [-0.39, 0.29) is 0 Å². The van der Waals surface area contributed by atoms with Crippen LogP contribution in [0.25, 0.3) is 85.9 Å². The Hall–Kier alpha value is -5.24. The summed E-state index contributed by atoms with van der Waals surface area (Å²) in [4.78, 5) is 0. The van der Waals surface area contributed by atoms with Crippen LogP contribution in [-0.4, -0.2) is 0 Å². The number of thiophene rings is 1. The summed E-state index contributed by atoms with van der Waals surface area (Å²) in [5, 5.41) is 10.4. The van der Waals surface area contributed by atoms with E-state index in [9.17, 15) is 0 Å². The van der Waals surface area contributed by atoms with E-state index in [4.69, 9.17) is 0 Å². The summed E-state index contributed by atoms with van der Waals surface area (Å²) < 4.78 is 2.70. The Morgan fingerprint density at radius 1 is 0.302 bits per heavy atom. The molecule has 8 aromatic carbocycles. The van der Waals surface area contributed by atoms with Gasteiger partial charge in [0.2, 0.25) is 0 Å². The molecule has 0 spiro atoms. The van der Waals surface area contributed by atoms with Crippen LogP contribution in [0.2, 0.25) is 0 Å². The monoisotopic (exact) mass is 562 g/mol. The fourth-order valence-corrected chi connectivity index (χ4v) is 8.20. The third-order valence-electron chi connectivity index (χ3n) is 8.84. The molecule has 1 heterocycles. The van der Waals surface area contributed by atoms with Crippen molar-refractivity contribution >= 4 is 63.8 Å². The predicted octanol–water partition coefficient (Wildman–Crippen LogP) is 12.5. The Labute approximate surface area is 254 Å². The van der Waals surface area contributed by atoms with Crippen molar-refractivity contribution in [3.8, 4) is 33.4 Å². The molecule has 0 bridgehead atoms. The largest absolute Gasteiger partial charge is 0.135 e. The molecule has 0 amide bonds. The molecule has 0 aliphatic rings. The van der Waals surface area contributed by atoms with Gasteiger partial charge in [-0.15, -0.1) is 11.3 Å². The average Bonchev–Trinajstić information content (AvgIpc) is 3.46. The van der Waals surface area contributed by atoms with Crippen molar-refractivity contribution < 1.29 is 0 Å². The van der Waals surface area contributed by atoms with Crippen LogP contribution in [0.3, 0.4) is 0 Å². The SMILES string of the molecule is c1ccc(-c2c3ccccc3c(-c3cccc(-c4cc5c6ccccc6sc5c5ccccc45)c3)c3ccccc23)cc1. The summed E-state index contributed by atoms with van der Waals surface area (Å²) >= 11 is 1.90. The van der Waals surface area contributed by atoms with Gasteiger partial charge in [-0.25, -0.2) is 0 Å². The van der Waals surface area contributed by atoms with E-state index >= 15 is 0 Å². The van der Waals surface area contributed by atoms with Gasteiger partial charge in [0.15, 0.2) is 0 Å². The maximum absolute atomic E-state index is 2.42. The molecular weight excluding hydrogens is 537 g/mol. The first-order valence-corrected chi connectivity index (χ1v) is 15.6. The molecule has 0 unspecified atom stereocenters. The summed E-state index contributed by atoms with van der Waals surface area (Å²) in [5.41, 5.74) is 7.60. The first-order valence-electron chi connectivity index (χ1n) is 14.8. The normalized spacial score (nSPS) is 11.7. The van der Waals surface area contributed by atoms with Gasteiger partial charge in [-0.2, -0.15) is 0 Å². The molecule has 0 atom stereocenters. The lowest BCUT2D eigenvalue weighted by Gasteiger charge is -2.18. The third-order valence-corrected chi connectivity index (χ3v) is 10.1. The lowest BCUT2D eigenvalue weighted by molar-refractivity contribution is 1.64. The Bertz CT molecular complexity index is 2440. The topological polar surface area (TPSA) is 0 Å². The summed E-state index contributed by atoms with van der Waals surface area (Å²) in [6.45, 7) is 0. The second kappa shape index (κ2) is 9.66. The molecule has 0 fully saturated rings. The Morgan fingerprint density at radius 3 is 1.47 bits per heavy atom. The van der Waals surface area contributed by atoms with Crippen molar-refractivity contribution in [3.05, 3.63) is 158 Å². The van der Waals surface area contributed by atoms with Crippen molar-refractivity contribution in [2.24, 2.45) is 0 Å². The fourth-order valence-electron chi connectivity index (χ4n) is 6.98. The minimum absolute atomic E-state index is 1.24. The van der Waals surface area contributed by atoms with Crippen LogP contribution in [-0.2, 0) is 0 Å². The molecule has 200 valence electrons. The van der Waals surface area contributed by atoms with Gasteiger partial charge in [-0.1, -0.05) is 140 Å². The van der Waals surface area contributed by atoms with Crippen LogP contribution in [0.1, 0.15) is 0 Å². The first-order chi connectivity index (χ1) is 21.3. The maximum Gasteiger partial charge on any atom is 0.0434 e. The quantitative estimate of drug-likeness (QED) is 0.188. The Morgan fingerprint density at radius 2 is 0.791 bits per heavy atom. The highest BCUT2D eigenvalue weighted by atomic mass is 32.1. The van der Waals surface area contributed by atoms with Crippen LogP contribution >= 0.6 is 11.3 Å². The van der Waals surface area contributed by atoms with Crippen molar-refractivity contribution in [2.75, 3.05) is 0 Å². The third kappa shape index (κ3) is 3.75. The number of hydrogen-bond donors (Lipinski definition) is 0. The molecule has 0 saturated carbocycles. The van der Waals surface area contributed by atoms with E-state index in [1.165, 1.54) is 85.9 Å². The second-order valence-corrected chi connectivity index (χ2v) is 12.3. The lowest BCUT2D eigenvalue weighted by atomic mass is 9.85. The zero-order valence-corrected chi connectivity index (χ0v) is 24.2. The van der Waals surface area contributed by atoms with Crippen LogP contribution in [0.15, 0.2) is 158 Å². The van der Waals surface area contributed by atoms with Gasteiger partial charge < -0.3 is 0 Å². The van der Waals surface area contributed by atoms with E-state index in [1.54, 1.807) is 0 Å². The molecule has 0 N–H and O–H groups in total. The smallest absolute Gasteiger partial charge is 0.0434 e. The standard InChI is InChI=1S/C42H26S/c1-2-13-27(14-3-1)40-32-19-5-7-21-34(32)41(35-22-8-6-20-33(35)40)29-16-12-15-28(25-29)37-26-38-31-18-10-11-24-39(31)43-42(38)36-23-9-4-17-30(36)37/h1-26H. The number of rotatable bonds is 3. The van der Waals surface area contributed by atoms with E-state index in [0.29, 0.717) is 0 Å². The molecule has 0 radical (unpaired) electrons. The fraction of sp³-hybridized carbons (Fsp3) is 0. The molecule has 43 heavy (non-hydrogen) atoms. The van der Waals surface area contributed by atoms with Crippen molar-refractivity contribution in [1.82, 2.24) is 0 Å². The molecule has 0 aliphatic carbocycles. The summed E-state index contributed by atoms with van der Waals surface area (Å²) in [5.74, 6) is 0. The maximum atomic E-state index is 2.42. The molecule has 1 heteroatoms. The molecular formula is C42H26S. The summed E-state index contributed by atoms with van der Waals surface area (Å²) in [6, 6.07) is 57.9. The van der Waals surface area contributed by atoms with Crippen molar-refractivity contribution in [2.45, 2.75) is 0 Å². The van der Waals surface area contributed by atoms with E-state index in [0.717, 1.165) is 0 Å². The number of benzene rings is 8. The van der Waals surface area contributed by atoms with Gasteiger partial charge in [0.1, 0.15) is 0 Å². The number of hydrogen-bond acceptors (Lipinski definition) is 1. The van der Waals surface area contributed by atoms with Crippen molar-refractivity contribution in [3.63, 3.8) is 0 Å². The van der Waals surface area contributed by atoms with Gasteiger partial charge in [-0.3, -0.25) is 0 Å². The van der Waals surface area contributed by atoms with Crippen LogP contribution in [0.4, 0.5) is 0 Å².